The van der Waals surface area contributed by atoms with Crippen LogP contribution in [0.2, 0.25) is 0 Å². The largest absolute Gasteiger partial charge is 0.493 e. The fraction of sp³-hybridized carbons (Fsp3) is 0.300. The highest BCUT2D eigenvalue weighted by Crippen LogP contribution is 2.33. The van der Waals surface area contributed by atoms with Crippen molar-refractivity contribution in [3.05, 3.63) is 42.0 Å². The number of methoxy groups -OCH3 is 2. The number of nitrogens with one attached hydrogen (secondary N) is 2. The topological polar surface area (TPSA) is 85.9 Å². The van der Waals surface area contributed by atoms with Crippen LogP contribution in [0.4, 0.5) is 11.4 Å². The summed E-state index contributed by atoms with van der Waals surface area (Å²) in [5, 5.41) is 5.60. The van der Waals surface area contributed by atoms with E-state index in [0.717, 1.165) is 5.56 Å². The number of amides is 2. The molecule has 2 amide bonds. The molecule has 7 heteroatoms. The Morgan fingerprint density at radius 3 is 2.78 bits per heavy atom. The van der Waals surface area contributed by atoms with Crippen LogP contribution in [0.1, 0.15) is 18.9 Å². The Kier molecular flexibility index (Phi) is 5.49. The number of carbonyl (C=O) groups excluding carboxylic acids is 2. The Bertz CT molecular complexity index is 865. The van der Waals surface area contributed by atoms with Crippen LogP contribution in [0.25, 0.3) is 0 Å². The predicted octanol–water partition coefficient (Wildman–Crippen LogP) is 2.99. The molecule has 0 unspecified atom stereocenters. The molecule has 1 aliphatic rings. The van der Waals surface area contributed by atoms with Gasteiger partial charge in [0.2, 0.25) is 5.91 Å². The zero-order chi connectivity index (χ0) is 19.4. The second-order valence-electron chi connectivity index (χ2n) is 6.16. The lowest BCUT2D eigenvalue weighted by atomic mass is 10.1. The second kappa shape index (κ2) is 7.99. The summed E-state index contributed by atoms with van der Waals surface area (Å²) in [5.41, 5.74) is 2.03. The van der Waals surface area contributed by atoms with Crippen molar-refractivity contribution in [1.29, 1.82) is 0 Å². The van der Waals surface area contributed by atoms with Crippen molar-refractivity contribution < 1.29 is 23.8 Å². The third-order valence-corrected chi connectivity index (χ3v) is 4.30. The number of aryl methyl sites for hydroxylation is 1. The van der Waals surface area contributed by atoms with Gasteiger partial charge in [0.15, 0.2) is 17.6 Å². The van der Waals surface area contributed by atoms with Gasteiger partial charge >= 0.3 is 0 Å². The first-order valence-corrected chi connectivity index (χ1v) is 8.63. The third kappa shape index (κ3) is 4.13. The molecule has 2 N–H and O–H groups in total. The molecule has 7 nitrogen and oxygen atoms in total. The first-order valence-electron chi connectivity index (χ1n) is 8.63. The molecule has 0 spiro atoms. The summed E-state index contributed by atoms with van der Waals surface area (Å²) in [6.45, 7) is 1.68. The highest BCUT2D eigenvalue weighted by molar-refractivity contribution is 5.99. The van der Waals surface area contributed by atoms with E-state index in [2.05, 4.69) is 10.6 Å². The van der Waals surface area contributed by atoms with Gasteiger partial charge in [0.25, 0.3) is 5.91 Å². The Balaban J connectivity index is 1.64. The Hall–Kier alpha value is -3.22. The molecular weight excluding hydrogens is 348 g/mol. The standard InChI is InChI=1S/C20H22N2O5/c1-12-20(24)22-15-11-14(8-9-16(15)27-12)21-18(23)10-7-13-5-4-6-17(25-2)19(13)26-3/h4-6,8-9,11-12H,7,10H2,1-3H3,(H,21,23)(H,22,24)/t12-/m0/s1. The summed E-state index contributed by atoms with van der Waals surface area (Å²) in [4.78, 5) is 24.0. The van der Waals surface area contributed by atoms with Crippen molar-refractivity contribution in [3.8, 4) is 17.2 Å². The summed E-state index contributed by atoms with van der Waals surface area (Å²) in [6.07, 6.45) is 0.255. The van der Waals surface area contributed by atoms with Crippen LogP contribution in [-0.4, -0.2) is 32.1 Å². The normalized spacial score (nSPS) is 15.2. The Labute approximate surface area is 157 Å². The van der Waals surface area contributed by atoms with E-state index in [4.69, 9.17) is 14.2 Å². The van der Waals surface area contributed by atoms with Gasteiger partial charge in [-0.25, -0.2) is 0 Å². The number of carbonyl (C=O) groups is 2. The highest BCUT2D eigenvalue weighted by atomic mass is 16.5. The smallest absolute Gasteiger partial charge is 0.265 e. The van der Waals surface area contributed by atoms with Crippen LogP contribution in [0.3, 0.4) is 0 Å². The molecule has 2 aromatic rings. The number of hydrogen-bond acceptors (Lipinski definition) is 5. The summed E-state index contributed by atoms with van der Waals surface area (Å²) >= 11 is 0. The minimum atomic E-state index is -0.532. The van der Waals surface area contributed by atoms with E-state index < -0.39 is 6.10 Å². The van der Waals surface area contributed by atoms with Crippen LogP contribution in [-0.2, 0) is 16.0 Å². The molecule has 0 bridgehead atoms. The molecule has 0 radical (unpaired) electrons. The number of ether oxygens (including phenoxy) is 3. The first kappa shape index (κ1) is 18.6. The van der Waals surface area contributed by atoms with E-state index in [1.807, 2.05) is 18.2 Å². The van der Waals surface area contributed by atoms with Gasteiger partial charge in [-0.1, -0.05) is 12.1 Å². The minimum absolute atomic E-state index is 0.142. The van der Waals surface area contributed by atoms with Crippen molar-refractivity contribution in [3.63, 3.8) is 0 Å². The van der Waals surface area contributed by atoms with Gasteiger partial charge in [-0.05, 0) is 43.2 Å². The summed E-state index contributed by atoms with van der Waals surface area (Å²) in [7, 11) is 3.15. The number of anilines is 2. The molecule has 1 aliphatic heterocycles. The van der Waals surface area contributed by atoms with Crippen molar-refractivity contribution in [2.45, 2.75) is 25.9 Å². The van der Waals surface area contributed by atoms with Gasteiger partial charge < -0.3 is 24.8 Å². The summed E-state index contributed by atoms with van der Waals surface area (Å²) in [6, 6.07) is 10.7. The van der Waals surface area contributed by atoms with Crippen molar-refractivity contribution in [2.75, 3.05) is 24.9 Å². The van der Waals surface area contributed by atoms with Crippen LogP contribution in [0.5, 0.6) is 17.2 Å². The lowest BCUT2D eigenvalue weighted by Gasteiger charge is -2.23. The van der Waals surface area contributed by atoms with Gasteiger partial charge in [-0.2, -0.15) is 0 Å². The quantitative estimate of drug-likeness (QED) is 0.816. The van der Waals surface area contributed by atoms with Crippen molar-refractivity contribution in [1.82, 2.24) is 0 Å². The molecule has 142 valence electrons. The molecule has 1 atom stereocenters. The summed E-state index contributed by atoms with van der Waals surface area (Å²) in [5.74, 6) is 1.50. The van der Waals surface area contributed by atoms with E-state index in [1.54, 1.807) is 39.3 Å². The maximum atomic E-state index is 12.3. The zero-order valence-electron chi connectivity index (χ0n) is 15.5. The SMILES string of the molecule is COc1cccc(CCC(=O)Nc2ccc3c(c2)NC(=O)[C@H](C)O3)c1OC. The molecule has 1 heterocycles. The maximum absolute atomic E-state index is 12.3. The number of benzene rings is 2. The number of para-hydroxylation sites is 1. The maximum Gasteiger partial charge on any atom is 0.265 e. The number of rotatable bonds is 6. The van der Waals surface area contributed by atoms with E-state index in [0.29, 0.717) is 35.0 Å². The molecule has 2 aromatic carbocycles. The first-order chi connectivity index (χ1) is 13.0. The highest BCUT2D eigenvalue weighted by Gasteiger charge is 2.23. The van der Waals surface area contributed by atoms with Gasteiger partial charge in [0, 0.05) is 12.1 Å². The summed E-state index contributed by atoms with van der Waals surface area (Å²) < 4.78 is 16.2. The second-order valence-corrected chi connectivity index (χ2v) is 6.16. The molecule has 0 aliphatic carbocycles. The Morgan fingerprint density at radius 1 is 1.22 bits per heavy atom. The average molecular weight is 370 g/mol. The molecule has 0 saturated heterocycles. The monoisotopic (exact) mass is 370 g/mol. The van der Waals surface area contributed by atoms with E-state index >= 15 is 0 Å². The molecule has 3 rings (SSSR count). The van der Waals surface area contributed by atoms with Crippen LogP contribution >= 0.6 is 0 Å². The van der Waals surface area contributed by atoms with Gasteiger partial charge in [0.1, 0.15) is 5.75 Å². The Morgan fingerprint density at radius 2 is 2.04 bits per heavy atom. The number of fused-ring (bicyclic) bond motifs is 1. The molecule has 0 saturated carbocycles. The van der Waals surface area contributed by atoms with Crippen molar-refractivity contribution >= 4 is 23.2 Å². The minimum Gasteiger partial charge on any atom is -0.493 e. The molecule has 27 heavy (non-hydrogen) atoms. The molecular formula is C20H22N2O5. The fourth-order valence-electron chi connectivity index (χ4n) is 2.91. The van der Waals surface area contributed by atoms with E-state index in [1.165, 1.54) is 0 Å². The van der Waals surface area contributed by atoms with Crippen LogP contribution < -0.4 is 24.8 Å². The number of hydrogen-bond donors (Lipinski definition) is 2. The zero-order valence-corrected chi connectivity index (χ0v) is 15.5. The molecule has 0 aromatic heterocycles. The fourth-order valence-corrected chi connectivity index (χ4v) is 2.91. The van der Waals surface area contributed by atoms with Crippen molar-refractivity contribution in [2.24, 2.45) is 0 Å². The van der Waals surface area contributed by atoms with E-state index in [-0.39, 0.29) is 18.2 Å². The lowest BCUT2D eigenvalue weighted by molar-refractivity contribution is -0.122. The van der Waals surface area contributed by atoms with Gasteiger partial charge in [-0.15, -0.1) is 0 Å². The third-order valence-electron chi connectivity index (χ3n) is 4.30. The average Bonchev–Trinajstić information content (AvgIpc) is 2.67. The molecule has 0 fully saturated rings. The van der Waals surface area contributed by atoms with Gasteiger partial charge in [-0.3, -0.25) is 9.59 Å². The lowest BCUT2D eigenvalue weighted by Crippen LogP contribution is -2.34. The predicted molar refractivity (Wildman–Crippen MR) is 102 cm³/mol. The van der Waals surface area contributed by atoms with Gasteiger partial charge in [0.05, 0.1) is 19.9 Å². The van der Waals surface area contributed by atoms with Crippen LogP contribution in [0.15, 0.2) is 36.4 Å². The van der Waals surface area contributed by atoms with E-state index in [9.17, 15) is 9.59 Å². The van der Waals surface area contributed by atoms with Crippen LogP contribution in [0, 0.1) is 0 Å².